The Hall–Kier alpha value is -0.740. The highest BCUT2D eigenvalue weighted by Gasteiger charge is 2.32. The second kappa shape index (κ2) is 4.50. The third kappa shape index (κ3) is 2.29. The second-order valence-corrected chi connectivity index (χ2v) is 5.52. The summed E-state index contributed by atoms with van der Waals surface area (Å²) in [6.07, 6.45) is 2.76. The van der Waals surface area contributed by atoms with Crippen LogP contribution in [0.15, 0.2) is 16.6 Å². The van der Waals surface area contributed by atoms with Gasteiger partial charge >= 0.3 is 0 Å². The fourth-order valence-corrected chi connectivity index (χ4v) is 2.68. The Morgan fingerprint density at radius 3 is 2.76 bits per heavy atom. The summed E-state index contributed by atoms with van der Waals surface area (Å²) in [5, 5.41) is 10.1. The first-order chi connectivity index (χ1) is 8.25. The normalized spacial score (nSPS) is 20.8. The number of rotatable bonds is 2. The maximum atomic E-state index is 10.1. The first-order valence-electron chi connectivity index (χ1n) is 6.03. The topological polar surface area (TPSA) is 38.7 Å². The summed E-state index contributed by atoms with van der Waals surface area (Å²) in [4.78, 5) is 0. The Labute approximate surface area is 109 Å². The van der Waals surface area contributed by atoms with Crippen LogP contribution in [0.25, 0.3) is 0 Å². The molecule has 3 rings (SSSR count). The second-order valence-electron chi connectivity index (χ2n) is 4.66. The van der Waals surface area contributed by atoms with Crippen molar-refractivity contribution >= 4 is 15.9 Å². The van der Waals surface area contributed by atoms with Crippen molar-refractivity contribution in [2.45, 2.75) is 25.4 Å². The van der Waals surface area contributed by atoms with Crippen molar-refractivity contribution in [3.05, 3.63) is 22.2 Å². The molecule has 1 heterocycles. The summed E-state index contributed by atoms with van der Waals surface area (Å²) in [7, 11) is 0. The summed E-state index contributed by atoms with van der Waals surface area (Å²) >= 11 is 3.49. The van der Waals surface area contributed by atoms with Crippen LogP contribution in [0.5, 0.6) is 11.5 Å². The van der Waals surface area contributed by atoms with Gasteiger partial charge in [-0.05, 0) is 52.4 Å². The van der Waals surface area contributed by atoms with Gasteiger partial charge in [0.05, 0.1) is 23.8 Å². The van der Waals surface area contributed by atoms with E-state index in [1.165, 1.54) is 0 Å². The van der Waals surface area contributed by atoms with Gasteiger partial charge in [0, 0.05) is 6.42 Å². The van der Waals surface area contributed by atoms with E-state index >= 15 is 0 Å². The maximum absolute atomic E-state index is 10.1. The first-order valence-corrected chi connectivity index (χ1v) is 6.82. The average Bonchev–Trinajstić information content (AvgIpc) is 3.14. The third-order valence-corrected chi connectivity index (χ3v) is 3.82. The Kier molecular flexibility index (Phi) is 3.01. The van der Waals surface area contributed by atoms with Gasteiger partial charge in [0.25, 0.3) is 0 Å². The molecule has 0 aromatic heterocycles. The molecule has 0 spiro atoms. The standard InChI is InChI=1S/C13H15BrO3/c14-10-6-9(12(15)8-2-3-8)7-11-13(10)17-5-1-4-16-11/h6-8,12,15H,1-5H2. The van der Waals surface area contributed by atoms with Crippen molar-refractivity contribution < 1.29 is 14.6 Å². The molecular weight excluding hydrogens is 284 g/mol. The Balaban J connectivity index is 1.96. The predicted molar refractivity (Wildman–Crippen MR) is 67.4 cm³/mol. The third-order valence-electron chi connectivity index (χ3n) is 3.23. The zero-order chi connectivity index (χ0) is 11.8. The van der Waals surface area contributed by atoms with Crippen molar-refractivity contribution in [2.24, 2.45) is 5.92 Å². The molecule has 2 aliphatic rings. The lowest BCUT2D eigenvalue weighted by Crippen LogP contribution is -2.01. The summed E-state index contributed by atoms with van der Waals surface area (Å²) in [6.45, 7) is 1.35. The van der Waals surface area contributed by atoms with Crippen LogP contribution in [0.2, 0.25) is 0 Å². The van der Waals surface area contributed by atoms with Crippen LogP contribution < -0.4 is 9.47 Å². The van der Waals surface area contributed by atoms with Crippen LogP contribution in [-0.2, 0) is 0 Å². The zero-order valence-electron chi connectivity index (χ0n) is 9.49. The van der Waals surface area contributed by atoms with E-state index < -0.39 is 0 Å². The minimum atomic E-state index is -0.372. The minimum absolute atomic E-state index is 0.372. The Morgan fingerprint density at radius 1 is 1.24 bits per heavy atom. The molecule has 0 bridgehead atoms. The van der Waals surface area contributed by atoms with Crippen LogP contribution in [0.4, 0.5) is 0 Å². The fourth-order valence-electron chi connectivity index (χ4n) is 2.11. The molecule has 3 nitrogen and oxygen atoms in total. The van der Waals surface area contributed by atoms with E-state index in [2.05, 4.69) is 15.9 Å². The molecule has 1 aliphatic carbocycles. The van der Waals surface area contributed by atoms with Gasteiger partial charge in [-0.1, -0.05) is 0 Å². The van der Waals surface area contributed by atoms with E-state index in [0.717, 1.165) is 40.8 Å². The minimum Gasteiger partial charge on any atom is -0.490 e. The van der Waals surface area contributed by atoms with Crippen LogP contribution in [0.3, 0.4) is 0 Å². The number of ether oxygens (including phenoxy) is 2. The predicted octanol–water partition coefficient (Wildman–Crippen LogP) is 3.05. The lowest BCUT2D eigenvalue weighted by molar-refractivity contribution is 0.153. The van der Waals surface area contributed by atoms with Gasteiger partial charge in [-0.15, -0.1) is 0 Å². The van der Waals surface area contributed by atoms with Crippen molar-refractivity contribution in [1.29, 1.82) is 0 Å². The highest BCUT2D eigenvalue weighted by molar-refractivity contribution is 9.10. The van der Waals surface area contributed by atoms with Gasteiger partial charge in [-0.25, -0.2) is 0 Å². The zero-order valence-corrected chi connectivity index (χ0v) is 11.1. The number of halogens is 1. The van der Waals surface area contributed by atoms with Crippen LogP contribution in [0.1, 0.15) is 30.9 Å². The number of aliphatic hydroxyl groups is 1. The summed E-state index contributed by atoms with van der Waals surface area (Å²) in [6, 6.07) is 3.85. The molecule has 1 aromatic rings. The SMILES string of the molecule is OC(c1cc(Br)c2c(c1)OCCCO2)C1CC1. The average molecular weight is 299 g/mol. The molecule has 0 radical (unpaired) electrons. The molecule has 0 amide bonds. The number of benzene rings is 1. The quantitative estimate of drug-likeness (QED) is 0.912. The molecule has 17 heavy (non-hydrogen) atoms. The first kappa shape index (κ1) is 11.4. The number of hydrogen-bond donors (Lipinski definition) is 1. The summed E-state index contributed by atoms with van der Waals surface area (Å²) in [5.74, 6) is 1.92. The molecule has 0 saturated heterocycles. The van der Waals surface area contributed by atoms with E-state index in [1.807, 2.05) is 12.1 Å². The number of fused-ring (bicyclic) bond motifs is 1. The summed E-state index contributed by atoms with van der Waals surface area (Å²) < 4.78 is 12.2. The molecule has 1 saturated carbocycles. The van der Waals surface area contributed by atoms with E-state index in [-0.39, 0.29) is 6.10 Å². The highest BCUT2D eigenvalue weighted by atomic mass is 79.9. The highest BCUT2D eigenvalue weighted by Crippen LogP contribution is 2.45. The van der Waals surface area contributed by atoms with E-state index in [4.69, 9.17) is 9.47 Å². The monoisotopic (exact) mass is 298 g/mol. The maximum Gasteiger partial charge on any atom is 0.175 e. The Bertz CT molecular complexity index is 429. The largest absolute Gasteiger partial charge is 0.490 e. The fraction of sp³-hybridized carbons (Fsp3) is 0.538. The smallest absolute Gasteiger partial charge is 0.175 e. The van der Waals surface area contributed by atoms with Gasteiger partial charge in [-0.2, -0.15) is 0 Å². The van der Waals surface area contributed by atoms with E-state index in [0.29, 0.717) is 19.1 Å². The van der Waals surface area contributed by atoms with E-state index in [9.17, 15) is 5.11 Å². The number of hydrogen-bond acceptors (Lipinski definition) is 3. The molecular formula is C13H15BrO3. The molecule has 1 fully saturated rings. The van der Waals surface area contributed by atoms with Gasteiger partial charge in [0.15, 0.2) is 11.5 Å². The lowest BCUT2D eigenvalue weighted by Gasteiger charge is -2.15. The molecule has 1 atom stereocenters. The van der Waals surface area contributed by atoms with Crippen molar-refractivity contribution in [3.63, 3.8) is 0 Å². The molecule has 92 valence electrons. The van der Waals surface area contributed by atoms with Crippen LogP contribution in [-0.4, -0.2) is 18.3 Å². The molecule has 1 aliphatic heterocycles. The van der Waals surface area contributed by atoms with Crippen molar-refractivity contribution in [1.82, 2.24) is 0 Å². The molecule has 1 N–H and O–H groups in total. The van der Waals surface area contributed by atoms with E-state index in [1.54, 1.807) is 0 Å². The Morgan fingerprint density at radius 2 is 2.00 bits per heavy atom. The van der Waals surface area contributed by atoms with Crippen LogP contribution in [0, 0.1) is 5.92 Å². The molecule has 1 aromatic carbocycles. The van der Waals surface area contributed by atoms with Gasteiger partial charge in [0.2, 0.25) is 0 Å². The van der Waals surface area contributed by atoms with Gasteiger partial charge in [-0.3, -0.25) is 0 Å². The summed E-state index contributed by atoms with van der Waals surface area (Å²) in [5.41, 5.74) is 0.920. The molecule has 4 heteroatoms. The van der Waals surface area contributed by atoms with Crippen molar-refractivity contribution in [2.75, 3.05) is 13.2 Å². The number of aliphatic hydroxyl groups excluding tert-OH is 1. The lowest BCUT2D eigenvalue weighted by atomic mass is 10.0. The van der Waals surface area contributed by atoms with Gasteiger partial charge in [0.1, 0.15) is 0 Å². The van der Waals surface area contributed by atoms with Gasteiger partial charge < -0.3 is 14.6 Å². The van der Waals surface area contributed by atoms with Crippen molar-refractivity contribution in [3.8, 4) is 11.5 Å². The molecule has 1 unspecified atom stereocenters. The van der Waals surface area contributed by atoms with Crippen LogP contribution >= 0.6 is 15.9 Å².